The molecule has 0 nitrogen and oxygen atoms in total. The lowest BCUT2D eigenvalue weighted by Gasteiger charge is -2.02. The highest BCUT2D eigenvalue weighted by molar-refractivity contribution is 5.86. The summed E-state index contributed by atoms with van der Waals surface area (Å²) in [4.78, 5) is 0. The molecule has 0 saturated heterocycles. The van der Waals surface area contributed by atoms with E-state index >= 15 is 0 Å². The smallest absolute Gasteiger partial charge is 0.0155 e. The molecule has 0 aliphatic carbocycles. The Morgan fingerprint density at radius 3 is 2.67 bits per heavy atom. The predicted octanol–water partition coefficient (Wildman–Crippen LogP) is 3.33. The van der Waals surface area contributed by atoms with Crippen molar-refractivity contribution in [2.45, 2.75) is 6.92 Å². The second-order valence-electron chi connectivity index (χ2n) is 3.13. The molecule has 0 fully saturated rings. The molecule has 0 atom stereocenters. The van der Waals surface area contributed by atoms with Crippen LogP contribution in [-0.4, -0.2) is 0 Å². The Bertz CT molecular complexity index is 413. The van der Waals surface area contributed by atoms with Crippen LogP contribution in [0.4, 0.5) is 0 Å². The summed E-state index contributed by atoms with van der Waals surface area (Å²) in [6.45, 7) is 6.05. The van der Waals surface area contributed by atoms with Gasteiger partial charge in [0.2, 0.25) is 0 Å². The molecule has 0 unspecified atom stereocenters. The third-order valence-corrected chi connectivity index (χ3v) is 2.13. The summed E-state index contributed by atoms with van der Waals surface area (Å²) in [5.41, 5.74) is 2.39. The van der Waals surface area contributed by atoms with Gasteiger partial charge in [0.1, 0.15) is 0 Å². The van der Waals surface area contributed by atoms with Gasteiger partial charge in [-0.15, -0.1) is 0 Å². The first-order valence-corrected chi connectivity index (χ1v) is 4.09. The van der Waals surface area contributed by atoms with Crippen LogP contribution in [-0.2, 0) is 0 Å². The van der Waals surface area contributed by atoms with E-state index in [4.69, 9.17) is 0 Å². The number of hydrogen-bond donors (Lipinski definition) is 0. The molecular formula is C12H11. The van der Waals surface area contributed by atoms with Gasteiger partial charge >= 0.3 is 0 Å². The van der Waals surface area contributed by atoms with E-state index in [0.29, 0.717) is 0 Å². The third-order valence-electron chi connectivity index (χ3n) is 2.13. The molecule has 0 N–H and O–H groups in total. The summed E-state index contributed by atoms with van der Waals surface area (Å²) in [6, 6.07) is 12.6. The van der Waals surface area contributed by atoms with Crippen LogP contribution in [0.2, 0.25) is 0 Å². The van der Waals surface area contributed by atoms with Crippen LogP contribution in [0.25, 0.3) is 10.8 Å². The normalized spacial score (nSPS) is 10.5. The molecule has 2 aromatic rings. The number of rotatable bonds is 0. The summed E-state index contributed by atoms with van der Waals surface area (Å²) in [7, 11) is 0. The van der Waals surface area contributed by atoms with Gasteiger partial charge in [0.05, 0.1) is 0 Å². The van der Waals surface area contributed by atoms with Crippen molar-refractivity contribution in [3.63, 3.8) is 0 Å². The lowest BCUT2D eigenvalue weighted by Crippen LogP contribution is -1.80. The van der Waals surface area contributed by atoms with E-state index in [2.05, 4.69) is 50.2 Å². The fraction of sp³-hybridized carbons (Fsp3) is 0.0833. The Morgan fingerprint density at radius 2 is 1.83 bits per heavy atom. The Kier molecular flexibility index (Phi) is 1.61. The molecule has 0 aliphatic heterocycles. The van der Waals surface area contributed by atoms with Gasteiger partial charge in [0.25, 0.3) is 0 Å². The Labute approximate surface area is 72.8 Å². The Morgan fingerprint density at radius 1 is 1.08 bits per heavy atom. The fourth-order valence-electron chi connectivity index (χ4n) is 1.58. The second kappa shape index (κ2) is 2.63. The molecule has 0 amide bonds. The van der Waals surface area contributed by atoms with Crippen molar-refractivity contribution in [3.8, 4) is 0 Å². The van der Waals surface area contributed by atoms with Crippen molar-refractivity contribution in [1.29, 1.82) is 0 Å². The summed E-state index contributed by atoms with van der Waals surface area (Å²) in [5.74, 6) is 0. The van der Waals surface area contributed by atoms with Gasteiger partial charge in [-0.25, -0.2) is 0 Å². The van der Waals surface area contributed by atoms with E-state index < -0.39 is 0 Å². The van der Waals surface area contributed by atoms with Gasteiger partial charge in [-0.05, 0) is 35.7 Å². The number of hydrogen-bond acceptors (Lipinski definition) is 0. The molecule has 0 bridgehead atoms. The molecule has 2 rings (SSSR count). The van der Waals surface area contributed by atoms with Gasteiger partial charge in [-0.1, -0.05) is 36.4 Å². The van der Waals surface area contributed by atoms with Crippen molar-refractivity contribution >= 4 is 10.8 Å². The molecule has 0 aliphatic rings. The average molecular weight is 155 g/mol. The maximum Gasteiger partial charge on any atom is -0.0155 e. The van der Waals surface area contributed by atoms with Gasteiger partial charge < -0.3 is 0 Å². The van der Waals surface area contributed by atoms with Gasteiger partial charge in [-0.2, -0.15) is 0 Å². The summed E-state index contributed by atoms with van der Waals surface area (Å²) in [6.07, 6.45) is 0. The van der Waals surface area contributed by atoms with E-state index in [9.17, 15) is 0 Å². The SMILES string of the molecule is [CH2]c1cc(C)c2ccccc2c1. The molecule has 0 heteroatoms. The predicted molar refractivity (Wildman–Crippen MR) is 53.1 cm³/mol. The van der Waals surface area contributed by atoms with E-state index in [1.165, 1.54) is 16.3 Å². The summed E-state index contributed by atoms with van der Waals surface area (Å²) < 4.78 is 0. The minimum absolute atomic E-state index is 1.09. The number of aryl methyl sites for hydroxylation is 1. The zero-order valence-electron chi connectivity index (χ0n) is 7.17. The highest BCUT2D eigenvalue weighted by Gasteiger charge is 1.95. The monoisotopic (exact) mass is 155 g/mol. The van der Waals surface area contributed by atoms with E-state index in [-0.39, 0.29) is 0 Å². The van der Waals surface area contributed by atoms with Crippen LogP contribution < -0.4 is 0 Å². The minimum Gasteiger partial charge on any atom is -0.0616 e. The first kappa shape index (κ1) is 7.35. The minimum atomic E-state index is 1.09. The maximum absolute atomic E-state index is 3.93. The van der Waals surface area contributed by atoms with Gasteiger partial charge in [0, 0.05) is 0 Å². The van der Waals surface area contributed by atoms with Crippen LogP contribution in [0, 0.1) is 13.8 Å². The van der Waals surface area contributed by atoms with E-state index in [1.54, 1.807) is 0 Å². The first-order valence-electron chi connectivity index (χ1n) is 4.09. The van der Waals surface area contributed by atoms with Crippen LogP contribution in [0.1, 0.15) is 11.1 Å². The molecule has 0 spiro atoms. The molecular weight excluding hydrogens is 144 g/mol. The van der Waals surface area contributed by atoms with Crippen molar-refractivity contribution < 1.29 is 0 Å². The van der Waals surface area contributed by atoms with Crippen LogP contribution in [0.5, 0.6) is 0 Å². The zero-order valence-corrected chi connectivity index (χ0v) is 7.17. The number of fused-ring (bicyclic) bond motifs is 1. The maximum atomic E-state index is 3.93. The van der Waals surface area contributed by atoms with E-state index in [0.717, 1.165) is 5.56 Å². The molecule has 0 saturated carbocycles. The van der Waals surface area contributed by atoms with Crippen molar-refractivity contribution in [1.82, 2.24) is 0 Å². The molecule has 2 aromatic carbocycles. The standard InChI is InChI=1S/C12H11/c1-9-7-10(2)12-6-4-3-5-11(12)8-9/h3-8H,1H2,2H3. The molecule has 59 valence electrons. The number of benzene rings is 2. The van der Waals surface area contributed by atoms with Gasteiger partial charge in [-0.3, -0.25) is 0 Å². The van der Waals surface area contributed by atoms with Crippen molar-refractivity contribution in [3.05, 3.63) is 54.4 Å². The summed E-state index contributed by atoms with van der Waals surface area (Å²) in [5, 5.41) is 2.60. The van der Waals surface area contributed by atoms with Crippen LogP contribution in [0.15, 0.2) is 36.4 Å². The Hall–Kier alpha value is -1.30. The molecule has 12 heavy (non-hydrogen) atoms. The fourth-order valence-corrected chi connectivity index (χ4v) is 1.58. The first-order chi connectivity index (χ1) is 5.77. The summed E-state index contributed by atoms with van der Waals surface area (Å²) >= 11 is 0. The van der Waals surface area contributed by atoms with E-state index in [1.807, 2.05) is 0 Å². The lowest BCUT2D eigenvalue weighted by atomic mass is 10.0. The molecule has 0 aromatic heterocycles. The lowest BCUT2D eigenvalue weighted by molar-refractivity contribution is 1.50. The van der Waals surface area contributed by atoms with Crippen molar-refractivity contribution in [2.75, 3.05) is 0 Å². The van der Waals surface area contributed by atoms with Gasteiger partial charge in [0.15, 0.2) is 0 Å². The molecule has 1 radical (unpaired) electrons. The topological polar surface area (TPSA) is 0 Å². The Balaban J connectivity index is 2.89. The quantitative estimate of drug-likeness (QED) is 0.547. The average Bonchev–Trinajstić information content (AvgIpc) is 2.04. The van der Waals surface area contributed by atoms with Crippen LogP contribution >= 0.6 is 0 Å². The van der Waals surface area contributed by atoms with Crippen LogP contribution in [0.3, 0.4) is 0 Å². The van der Waals surface area contributed by atoms with Crippen molar-refractivity contribution in [2.24, 2.45) is 0 Å². The third kappa shape index (κ3) is 1.10. The molecule has 0 heterocycles. The largest absolute Gasteiger partial charge is 0.0616 e. The zero-order chi connectivity index (χ0) is 8.55. The highest BCUT2D eigenvalue weighted by atomic mass is 14.0. The highest BCUT2D eigenvalue weighted by Crippen LogP contribution is 2.19. The second-order valence-corrected chi connectivity index (χ2v) is 3.13.